The Morgan fingerprint density at radius 3 is 2.50 bits per heavy atom. The van der Waals surface area contributed by atoms with Crippen molar-refractivity contribution in [3.05, 3.63) is 64.1 Å². The smallest absolute Gasteiger partial charge is 0.344 e. The van der Waals surface area contributed by atoms with Crippen LogP contribution in [0, 0.1) is 0 Å². The molecule has 6 nitrogen and oxygen atoms in total. The number of carboxylic acids is 1. The molecule has 24 heavy (non-hydrogen) atoms. The zero-order chi connectivity index (χ0) is 17.5. The Morgan fingerprint density at radius 2 is 1.88 bits per heavy atom. The molecule has 0 bridgehead atoms. The summed E-state index contributed by atoms with van der Waals surface area (Å²) in [5.41, 5.74) is 3.66. The third-order valence-electron chi connectivity index (χ3n) is 3.04. The molecule has 0 saturated heterocycles. The number of benzene rings is 2. The van der Waals surface area contributed by atoms with Gasteiger partial charge in [0.05, 0.1) is 11.8 Å². The normalized spacial score (nSPS) is 11.9. The fourth-order valence-corrected chi connectivity index (χ4v) is 2.22. The van der Waals surface area contributed by atoms with Crippen LogP contribution in [-0.4, -0.2) is 29.3 Å². The molecule has 0 heterocycles. The first-order valence-electron chi connectivity index (χ1n) is 7.05. The van der Waals surface area contributed by atoms with Crippen molar-refractivity contribution in [2.24, 2.45) is 5.10 Å². The molecule has 0 aromatic heterocycles. The van der Waals surface area contributed by atoms with Gasteiger partial charge in [-0.1, -0.05) is 12.1 Å². The van der Waals surface area contributed by atoms with Crippen molar-refractivity contribution < 1.29 is 19.4 Å². The number of hydrazone groups is 1. The van der Waals surface area contributed by atoms with Crippen LogP contribution < -0.4 is 10.2 Å². The van der Waals surface area contributed by atoms with E-state index < -0.39 is 12.1 Å². The molecule has 2 aromatic carbocycles. The van der Waals surface area contributed by atoms with E-state index in [1.807, 2.05) is 6.07 Å². The molecule has 0 radical (unpaired) electrons. The van der Waals surface area contributed by atoms with E-state index in [1.165, 1.54) is 13.1 Å². The van der Waals surface area contributed by atoms with E-state index in [-0.39, 0.29) is 5.91 Å². The highest BCUT2D eigenvalue weighted by Crippen LogP contribution is 2.15. The Hall–Kier alpha value is -2.67. The van der Waals surface area contributed by atoms with Gasteiger partial charge in [-0.2, -0.15) is 5.10 Å². The van der Waals surface area contributed by atoms with Gasteiger partial charge >= 0.3 is 5.97 Å². The monoisotopic (exact) mass is 390 g/mol. The highest BCUT2D eigenvalue weighted by atomic mass is 79.9. The molecule has 124 valence electrons. The zero-order valence-electron chi connectivity index (χ0n) is 12.8. The summed E-state index contributed by atoms with van der Waals surface area (Å²) in [6, 6.07) is 13.7. The number of carbonyl (C=O) groups excluding carboxylic acids is 1. The molecule has 7 heteroatoms. The van der Waals surface area contributed by atoms with Crippen LogP contribution in [0.4, 0.5) is 0 Å². The van der Waals surface area contributed by atoms with Gasteiger partial charge in [0, 0.05) is 4.47 Å². The summed E-state index contributed by atoms with van der Waals surface area (Å²) in [6.07, 6.45) is 0.562. The molecule has 1 amide bonds. The molecule has 0 aliphatic rings. The van der Waals surface area contributed by atoms with Crippen molar-refractivity contribution in [2.45, 2.75) is 13.0 Å². The Morgan fingerprint density at radius 1 is 1.21 bits per heavy atom. The van der Waals surface area contributed by atoms with Gasteiger partial charge in [0.1, 0.15) is 5.75 Å². The van der Waals surface area contributed by atoms with Crippen molar-refractivity contribution in [2.75, 3.05) is 0 Å². The van der Waals surface area contributed by atoms with Gasteiger partial charge in [-0.15, -0.1) is 0 Å². The fourth-order valence-electron chi connectivity index (χ4n) is 1.76. The second-order valence-corrected chi connectivity index (χ2v) is 5.70. The Balaban J connectivity index is 1.94. The van der Waals surface area contributed by atoms with Crippen molar-refractivity contribution >= 4 is 34.0 Å². The predicted molar refractivity (Wildman–Crippen MR) is 93.4 cm³/mol. The third kappa shape index (κ3) is 4.92. The van der Waals surface area contributed by atoms with Crippen LogP contribution in [0.25, 0.3) is 0 Å². The molecule has 2 N–H and O–H groups in total. The van der Waals surface area contributed by atoms with E-state index in [2.05, 4.69) is 26.5 Å². The maximum atomic E-state index is 12.0. The molecule has 0 aliphatic heterocycles. The second-order valence-electron chi connectivity index (χ2n) is 4.85. The summed E-state index contributed by atoms with van der Waals surface area (Å²) in [6.45, 7) is 1.45. The number of carboxylic acid groups (broad SMARTS) is 1. The van der Waals surface area contributed by atoms with Crippen LogP contribution in [0.3, 0.4) is 0 Å². The van der Waals surface area contributed by atoms with E-state index in [4.69, 9.17) is 9.84 Å². The van der Waals surface area contributed by atoms with Crippen LogP contribution in [0.5, 0.6) is 5.75 Å². The van der Waals surface area contributed by atoms with Gasteiger partial charge in [0.2, 0.25) is 0 Å². The SMILES string of the molecule is C[C@H](Oc1ccc(/C=N\NC(=O)c2ccccc2Br)cc1)C(=O)O. The molecule has 0 aliphatic carbocycles. The standard InChI is InChI=1S/C17H15BrN2O4/c1-11(17(22)23)24-13-8-6-12(7-9-13)10-19-20-16(21)14-4-2-3-5-15(14)18/h2-11H,1H3,(H,20,21)(H,22,23)/b19-10-/t11-/m0/s1. The second kappa shape index (κ2) is 8.26. The Labute approximate surface area is 147 Å². The van der Waals surface area contributed by atoms with E-state index in [9.17, 15) is 9.59 Å². The average Bonchev–Trinajstić information content (AvgIpc) is 2.56. The van der Waals surface area contributed by atoms with Crippen LogP contribution >= 0.6 is 15.9 Å². The summed E-state index contributed by atoms with van der Waals surface area (Å²) in [5, 5.41) is 12.7. The first-order valence-corrected chi connectivity index (χ1v) is 7.84. The number of nitrogens with zero attached hydrogens (tertiary/aromatic N) is 1. The number of aliphatic carboxylic acids is 1. The highest BCUT2D eigenvalue weighted by molar-refractivity contribution is 9.10. The molecule has 0 spiro atoms. The lowest BCUT2D eigenvalue weighted by atomic mass is 10.2. The van der Waals surface area contributed by atoms with Crippen molar-refractivity contribution in [1.82, 2.24) is 5.43 Å². The summed E-state index contributed by atoms with van der Waals surface area (Å²) in [5.74, 6) is -0.913. The first-order chi connectivity index (χ1) is 11.5. The average molecular weight is 391 g/mol. The van der Waals surface area contributed by atoms with Gasteiger partial charge in [0.15, 0.2) is 6.10 Å². The van der Waals surface area contributed by atoms with E-state index in [0.717, 1.165) is 5.56 Å². The van der Waals surface area contributed by atoms with Crippen molar-refractivity contribution in [1.29, 1.82) is 0 Å². The molecule has 2 rings (SSSR count). The Kier molecular flexibility index (Phi) is 6.08. The predicted octanol–water partition coefficient (Wildman–Crippen LogP) is 3.06. The number of amides is 1. The maximum Gasteiger partial charge on any atom is 0.344 e. The minimum absolute atomic E-state index is 0.325. The topological polar surface area (TPSA) is 88.0 Å². The maximum absolute atomic E-state index is 12.0. The van der Waals surface area contributed by atoms with E-state index in [0.29, 0.717) is 15.8 Å². The third-order valence-corrected chi connectivity index (χ3v) is 3.73. The van der Waals surface area contributed by atoms with Crippen molar-refractivity contribution in [3.8, 4) is 5.75 Å². The van der Waals surface area contributed by atoms with Crippen LogP contribution in [0.1, 0.15) is 22.8 Å². The molecule has 0 saturated carbocycles. The van der Waals surface area contributed by atoms with Gasteiger partial charge < -0.3 is 9.84 Å². The minimum atomic E-state index is -1.03. The summed E-state index contributed by atoms with van der Waals surface area (Å²) in [7, 11) is 0. The Bertz CT molecular complexity index is 759. The van der Waals surface area contributed by atoms with E-state index >= 15 is 0 Å². The lowest BCUT2D eigenvalue weighted by Crippen LogP contribution is -2.22. The first kappa shape index (κ1) is 17.7. The van der Waals surface area contributed by atoms with Gasteiger partial charge in [-0.05, 0) is 64.8 Å². The lowest BCUT2D eigenvalue weighted by Gasteiger charge is -2.09. The van der Waals surface area contributed by atoms with Crippen LogP contribution in [-0.2, 0) is 4.79 Å². The molecule has 0 unspecified atom stereocenters. The van der Waals surface area contributed by atoms with Gasteiger partial charge in [-0.25, -0.2) is 10.2 Å². The fraction of sp³-hybridized carbons (Fsp3) is 0.118. The van der Waals surface area contributed by atoms with Crippen LogP contribution in [0.2, 0.25) is 0 Å². The lowest BCUT2D eigenvalue weighted by molar-refractivity contribution is -0.144. The minimum Gasteiger partial charge on any atom is -0.479 e. The number of hydrogen-bond acceptors (Lipinski definition) is 4. The molecule has 1 atom stereocenters. The zero-order valence-corrected chi connectivity index (χ0v) is 14.4. The number of nitrogens with one attached hydrogen (secondary N) is 1. The van der Waals surface area contributed by atoms with Gasteiger partial charge in [0.25, 0.3) is 5.91 Å². The molecular weight excluding hydrogens is 376 g/mol. The largest absolute Gasteiger partial charge is 0.479 e. The quantitative estimate of drug-likeness (QED) is 0.585. The van der Waals surface area contributed by atoms with E-state index in [1.54, 1.807) is 42.5 Å². The number of carbonyl (C=O) groups is 2. The number of halogens is 1. The van der Waals surface area contributed by atoms with Crippen LogP contribution in [0.15, 0.2) is 58.1 Å². The number of rotatable bonds is 6. The summed E-state index contributed by atoms with van der Waals surface area (Å²) >= 11 is 3.30. The summed E-state index contributed by atoms with van der Waals surface area (Å²) in [4.78, 5) is 22.7. The molecular formula is C17H15BrN2O4. The van der Waals surface area contributed by atoms with Gasteiger partial charge in [-0.3, -0.25) is 4.79 Å². The number of ether oxygens (including phenoxy) is 1. The number of hydrogen-bond donors (Lipinski definition) is 2. The molecule has 0 fully saturated rings. The molecule has 2 aromatic rings. The highest BCUT2D eigenvalue weighted by Gasteiger charge is 2.12. The summed E-state index contributed by atoms with van der Waals surface area (Å²) < 4.78 is 5.91. The van der Waals surface area contributed by atoms with Crippen molar-refractivity contribution in [3.63, 3.8) is 0 Å².